The molecule has 1 aliphatic rings. The first-order chi connectivity index (χ1) is 20.3. The third-order valence-electron chi connectivity index (χ3n) is 6.47. The fourth-order valence-electron chi connectivity index (χ4n) is 4.42. The molecule has 0 unspecified atom stereocenters. The second kappa shape index (κ2) is 24.1. The van der Waals surface area contributed by atoms with E-state index in [9.17, 15) is 4.39 Å². The summed E-state index contributed by atoms with van der Waals surface area (Å²) < 4.78 is 14.5. The maximum Gasteiger partial charge on any atom is 0.131 e. The molecule has 5 heteroatoms. The van der Waals surface area contributed by atoms with Crippen molar-refractivity contribution in [2.24, 2.45) is 4.99 Å². The predicted molar refractivity (Wildman–Crippen MR) is 183 cm³/mol. The standard InChI is InChI=1S/C22H30FN3.C13H19N.C2H6/c1-5-7-12-25-17(3)22(18(4)26-15-13-24-14-16-26)19(6-2)20-10-8-9-11-21(20)23;1-4-6-7-9-13(11-14)10-12(3)8-5-2;1-2/h6-12,24H,5,13-16H2,1-4H3;6-7,9-10H,4-5,8H2,1-3H3;1-2H3/b12-7+,19-6-,22-18-,25-17+;7-6+,12-10+,13-9+;. The summed E-state index contributed by atoms with van der Waals surface area (Å²) in [5, 5.41) is 12.2. The zero-order chi connectivity index (χ0) is 31.8. The maximum atomic E-state index is 14.5. The molecule has 1 N–H and O–H groups in total. The lowest BCUT2D eigenvalue weighted by molar-refractivity contribution is 0.299. The summed E-state index contributed by atoms with van der Waals surface area (Å²) in [4.78, 5) is 6.99. The van der Waals surface area contributed by atoms with Gasteiger partial charge in [-0.1, -0.05) is 89.1 Å². The molecule has 0 saturated carbocycles. The first-order valence-corrected chi connectivity index (χ1v) is 15.6. The molecule has 1 saturated heterocycles. The molecule has 1 fully saturated rings. The van der Waals surface area contributed by atoms with E-state index in [4.69, 9.17) is 5.26 Å². The van der Waals surface area contributed by atoms with Gasteiger partial charge in [0.25, 0.3) is 0 Å². The topological polar surface area (TPSA) is 51.4 Å². The van der Waals surface area contributed by atoms with Crippen molar-refractivity contribution in [3.05, 3.63) is 101 Å². The quantitative estimate of drug-likeness (QED) is 0.162. The molecule has 0 aliphatic carbocycles. The van der Waals surface area contributed by atoms with Crippen molar-refractivity contribution in [3.63, 3.8) is 0 Å². The highest BCUT2D eigenvalue weighted by molar-refractivity contribution is 6.12. The summed E-state index contributed by atoms with van der Waals surface area (Å²) in [6, 6.07) is 9.14. The second-order valence-corrected chi connectivity index (χ2v) is 9.70. The number of piperazine rings is 1. The molecule has 0 radical (unpaired) electrons. The van der Waals surface area contributed by atoms with Gasteiger partial charge in [0.2, 0.25) is 0 Å². The van der Waals surface area contributed by atoms with Crippen molar-refractivity contribution in [3.8, 4) is 6.07 Å². The molecule has 1 aliphatic heterocycles. The van der Waals surface area contributed by atoms with Gasteiger partial charge in [-0.3, -0.25) is 4.99 Å². The molecule has 4 nitrogen and oxygen atoms in total. The smallest absolute Gasteiger partial charge is 0.131 e. The molecular weight excluding hydrogens is 519 g/mol. The highest BCUT2D eigenvalue weighted by Crippen LogP contribution is 2.30. The summed E-state index contributed by atoms with van der Waals surface area (Å²) in [6.45, 7) is 22.3. The zero-order valence-electron chi connectivity index (χ0n) is 27.7. The van der Waals surface area contributed by atoms with E-state index in [1.54, 1.807) is 6.07 Å². The van der Waals surface area contributed by atoms with Crippen molar-refractivity contribution in [1.29, 1.82) is 5.26 Å². The number of benzene rings is 1. The van der Waals surface area contributed by atoms with E-state index in [-0.39, 0.29) is 5.82 Å². The van der Waals surface area contributed by atoms with E-state index < -0.39 is 0 Å². The number of allylic oxidation sites excluding steroid dienone is 11. The average molecular weight is 575 g/mol. The predicted octanol–water partition coefficient (Wildman–Crippen LogP) is 9.97. The highest BCUT2D eigenvalue weighted by atomic mass is 19.1. The van der Waals surface area contributed by atoms with Crippen LogP contribution in [-0.2, 0) is 0 Å². The van der Waals surface area contributed by atoms with Crippen LogP contribution >= 0.6 is 0 Å². The number of nitrogens with zero attached hydrogens (tertiary/aromatic N) is 3. The Morgan fingerprint density at radius 1 is 1.05 bits per heavy atom. The van der Waals surface area contributed by atoms with Gasteiger partial charge < -0.3 is 10.2 Å². The van der Waals surface area contributed by atoms with Crippen molar-refractivity contribution in [2.75, 3.05) is 26.2 Å². The van der Waals surface area contributed by atoms with E-state index in [1.165, 1.54) is 11.6 Å². The SMILES string of the molecule is CC.CC/C=C/C=C(C#N)\C=C(/C)CCC.C\C=C(C(/C(C)=N/C=C/CC)=C(/C)N1CCNCC1)\c1ccccc1F. The van der Waals surface area contributed by atoms with Gasteiger partial charge in [0.1, 0.15) is 5.82 Å². The summed E-state index contributed by atoms with van der Waals surface area (Å²) >= 11 is 0. The molecule has 1 aromatic rings. The molecule has 230 valence electrons. The van der Waals surface area contributed by atoms with Crippen LogP contribution < -0.4 is 5.32 Å². The monoisotopic (exact) mass is 574 g/mol. The van der Waals surface area contributed by atoms with Crippen LogP contribution in [0.2, 0.25) is 0 Å². The molecule has 0 atom stereocenters. The number of nitrogens with one attached hydrogen (secondary N) is 1. The fourth-order valence-corrected chi connectivity index (χ4v) is 4.42. The number of rotatable bonds is 11. The maximum absolute atomic E-state index is 14.5. The molecule has 0 bridgehead atoms. The van der Waals surface area contributed by atoms with Crippen LogP contribution in [-0.4, -0.2) is 36.8 Å². The van der Waals surface area contributed by atoms with Crippen molar-refractivity contribution < 1.29 is 4.39 Å². The van der Waals surface area contributed by atoms with Crippen molar-refractivity contribution in [2.45, 2.75) is 88.0 Å². The van der Waals surface area contributed by atoms with Gasteiger partial charge >= 0.3 is 0 Å². The Morgan fingerprint density at radius 2 is 1.69 bits per heavy atom. The van der Waals surface area contributed by atoms with E-state index in [0.717, 1.165) is 80.0 Å². The summed E-state index contributed by atoms with van der Waals surface area (Å²) in [5.41, 5.74) is 6.58. The van der Waals surface area contributed by atoms with Crippen LogP contribution in [0.15, 0.2) is 94.3 Å². The molecule has 2 rings (SSSR count). The van der Waals surface area contributed by atoms with Gasteiger partial charge in [0.15, 0.2) is 0 Å². The lowest BCUT2D eigenvalue weighted by Crippen LogP contribution is -2.43. The van der Waals surface area contributed by atoms with E-state index >= 15 is 0 Å². The molecule has 0 aromatic heterocycles. The van der Waals surface area contributed by atoms with E-state index in [1.807, 2.05) is 82.5 Å². The average Bonchev–Trinajstić information content (AvgIpc) is 3.01. The van der Waals surface area contributed by atoms with Gasteiger partial charge in [-0.2, -0.15) is 5.26 Å². The Labute approximate surface area is 256 Å². The van der Waals surface area contributed by atoms with Crippen molar-refractivity contribution in [1.82, 2.24) is 10.2 Å². The number of halogens is 1. The summed E-state index contributed by atoms with van der Waals surface area (Å²) in [7, 11) is 0. The lowest BCUT2D eigenvalue weighted by Gasteiger charge is -2.32. The van der Waals surface area contributed by atoms with Gasteiger partial charge in [0.05, 0.1) is 11.6 Å². The van der Waals surface area contributed by atoms with Crippen LogP contribution in [0, 0.1) is 17.1 Å². The first-order valence-electron chi connectivity index (χ1n) is 15.6. The fraction of sp³-hybridized carbons (Fsp3) is 0.459. The number of aliphatic imine (C=N–C) groups is 1. The normalized spacial score (nSPS) is 15.5. The Morgan fingerprint density at radius 3 is 2.24 bits per heavy atom. The molecule has 1 heterocycles. The Hall–Kier alpha value is -3.49. The van der Waals surface area contributed by atoms with Gasteiger partial charge in [-0.15, -0.1) is 0 Å². The van der Waals surface area contributed by atoms with E-state index in [2.05, 4.69) is 55.9 Å². The minimum absolute atomic E-state index is 0.205. The first kappa shape index (κ1) is 38.5. The number of nitriles is 1. The van der Waals surface area contributed by atoms with Crippen LogP contribution in [0.4, 0.5) is 4.39 Å². The zero-order valence-corrected chi connectivity index (χ0v) is 27.7. The number of hydrogen-bond donors (Lipinski definition) is 1. The summed E-state index contributed by atoms with van der Waals surface area (Å²) in [5.74, 6) is -0.205. The largest absolute Gasteiger partial charge is 0.372 e. The van der Waals surface area contributed by atoms with Crippen molar-refractivity contribution >= 4 is 11.3 Å². The lowest BCUT2D eigenvalue weighted by atomic mass is 9.92. The van der Waals surface area contributed by atoms with Crippen LogP contribution in [0.5, 0.6) is 0 Å². The second-order valence-electron chi connectivity index (χ2n) is 9.70. The summed E-state index contributed by atoms with van der Waals surface area (Å²) in [6.07, 6.45) is 17.8. The Balaban J connectivity index is 0.000000892. The Bertz CT molecular complexity index is 1170. The van der Waals surface area contributed by atoms with Gasteiger partial charge in [0, 0.05) is 54.9 Å². The minimum atomic E-state index is -0.205. The minimum Gasteiger partial charge on any atom is -0.372 e. The third kappa shape index (κ3) is 14.4. The van der Waals surface area contributed by atoms with Crippen LogP contribution in [0.1, 0.15) is 93.6 Å². The molecule has 0 amide bonds. The van der Waals surface area contributed by atoms with Crippen LogP contribution in [0.25, 0.3) is 5.57 Å². The third-order valence-corrected chi connectivity index (χ3v) is 6.47. The van der Waals surface area contributed by atoms with E-state index in [0.29, 0.717) is 5.56 Å². The Kier molecular flexibility index (Phi) is 22.1. The van der Waals surface area contributed by atoms with Gasteiger partial charge in [-0.25, -0.2) is 4.39 Å². The highest BCUT2D eigenvalue weighted by Gasteiger charge is 2.20. The molecule has 1 aromatic carbocycles. The number of hydrogen-bond acceptors (Lipinski definition) is 4. The van der Waals surface area contributed by atoms with Crippen LogP contribution in [0.3, 0.4) is 0 Å². The molecule has 42 heavy (non-hydrogen) atoms. The molecular formula is C37H55FN4. The van der Waals surface area contributed by atoms with Gasteiger partial charge in [-0.05, 0) is 70.7 Å². The molecule has 0 spiro atoms.